The van der Waals surface area contributed by atoms with Crippen LogP contribution in [0.3, 0.4) is 0 Å². The number of aliphatic hydroxyl groups is 1. The van der Waals surface area contributed by atoms with Gasteiger partial charge in [0.1, 0.15) is 35.2 Å². The zero-order valence-corrected chi connectivity index (χ0v) is 13.9. The third-order valence-electron chi connectivity index (χ3n) is 5.04. The molecule has 2 aromatic carbocycles. The number of ether oxygens (including phenoxy) is 3. The van der Waals surface area contributed by atoms with Crippen LogP contribution in [0.15, 0.2) is 36.4 Å². The van der Waals surface area contributed by atoms with E-state index < -0.39 is 11.7 Å². The summed E-state index contributed by atoms with van der Waals surface area (Å²) in [5, 5.41) is 21.0. The minimum atomic E-state index is -1.27. The van der Waals surface area contributed by atoms with E-state index in [0.717, 1.165) is 16.9 Å². The number of hydrogen-bond acceptors (Lipinski definition) is 5. The average molecular weight is 338 g/mol. The van der Waals surface area contributed by atoms with Gasteiger partial charge in [-0.1, -0.05) is 0 Å². The number of fused-ring (bicyclic) bond motifs is 7. The number of aromatic hydroxyl groups is 1. The lowest BCUT2D eigenvalue weighted by Crippen LogP contribution is -2.41. The van der Waals surface area contributed by atoms with Gasteiger partial charge in [0.05, 0.1) is 5.56 Å². The van der Waals surface area contributed by atoms with Crippen LogP contribution in [0.4, 0.5) is 0 Å². The Bertz CT molecular complexity index is 930. The molecule has 2 unspecified atom stereocenters. The van der Waals surface area contributed by atoms with Gasteiger partial charge in [-0.2, -0.15) is 0 Å². The first-order valence-corrected chi connectivity index (χ1v) is 8.28. The average Bonchev–Trinajstić information content (AvgIpc) is 2.86. The van der Waals surface area contributed by atoms with Crippen LogP contribution >= 0.6 is 0 Å². The summed E-state index contributed by atoms with van der Waals surface area (Å²) in [4.78, 5) is 0. The fraction of sp³-hybridized carbons (Fsp3) is 0.300. The largest absolute Gasteiger partial charge is 0.508 e. The molecule has 0 radical (unpaired) electrons. The highest BCUT2D eigenvalue weighted by Crippen LogP contribution is 2.56. The second-order valence-electron chi connectivity index (χ2n) is 7.33. The normalized spacial score (nSPS) is 27.1. The molecule has 2 N–H and O–H groups in total. The number of phenols is 1. The molecule has 5 heteroatoms. The van der Waals surface area contributed by atoms with E-state index in [9.17, 15) is 10.2 Å². The third kappa shape index (κ3) is 1.93. The Balaban J connectivity index is 1.66. The molecular formula is C20H18O5. The molecule has 0 saturated heterocycles. The van der Waals surface area contributed by atoms with Crippen molar-refractivity contribution in [1.29, 1.82) is 0 Å². The molecule has 3 aliphatic rings. The summed E-state index contributed by atoms with van der Waals surface area (Å²) in [6.07, 6.45) is 3.38. The number of rotatable bonds is 0. The molecule has 128 valence electrons. The maximum atomic E-state index is 11.3. The van der Waals surface area contributed by atoms with Gasteiger partial charge in [-0.3, -0.25) is 0 Å². The molecular weight excluding hydrogens is 320 g/mol. The lowest BCUT2D eigenvalue weighted by molar-refractivity contribution is -0.0864. The van der Waals surface area contributed by atoms with Gasteiger partial charge < -0.3 is 24.4 Å². The van der Waals surface area contributed by atoms with E-state index in [0.29, 0.717) is 17.1 Å². The van der Waals surface area contributed by atoms with Gasteiger partial charge in [0, 0.05) is 17.2 Å². The summed E-state index contributed by atoms with van der Waals surface area (Å²) in [5.41, 5.74) is 0.603. The van der Waals surface area contributed by atoms with Crippen molar-refractivity contribution in [3.8, 4) is 23.0 Å². The van der Waals surface area contributed by atoms with Gasteiger partial charge in [0.15, 0.2) is 11.7 Å². The first-order chi connectivity index (χ1) is 11.9. The molecule has 2 atom stereocenters. The van der Waals surface area contributed by atoms with Crippen LogP contribution in [0.25, 0.3) is 6.08 Å². The zero-order chi connectivity index (χ0) is 17.4. The third-order valence-corrected chi connectivity index (χ3v) is 5.04. The monoisotopic (exact) mass is 338 g/mol. The molecule has 0 saturated carbocycles. The van der Waals surface area contributed by atoms with Crippen molar-refractivity contribution < 1.29 is 24.4 Å². The summed E-state index contributed by atoms with van der Waals surface area (Å²) < 4.78 is 17.9. The number of benzene rings is 2. The lowest BCUT2D eigenvalue weighted by atomic mass is 9.84. The highest BCUT2D eigenvalue weighted by Gasteiger charge is 2.54. The first-order valence-electron chi connectivity index (χ1n) is 8.28. The summed E-state index contributed by atoms with van der Waals surface area (Å²) in [5.74, 6) is 2.02. The van der Waals surface area contributed by atoms with E-state index in [1.807, 2.05) is 38.1 Å². The van der Waals surface area contributed by atoms with Crippen molar-refractivity contribution in [3.05, 3.63) is 53.1 Å². The van der Waals surface area contributed by atoms with Gasteiger partial charge in [-0.15, -0.1) is 0 Å². The Labute approximate surface area is 145 Å². The summed E-state index contributed by atoms with van der Waals surface area (Å²) in [6.45, 7) is 4.05. The summed E-state index contributed by atoms with van der Waals surface area (Å²) >= 11 is 0. The standard InChI is InChI=1S/C20H18O5/c1-19(2)8-7-12-15(25-19)6-5-14-17(12)24-18-13-4-3-11(21)9-16(13)23-10-20(14,18)22/h3-9,18,21-22H,10H2,1-2H3. The Kier molecular flexibility index (Phi) is 2.63. The minimum absolute atomic E-state index is 0.0654. The second-order valence-corrected chi connectivity index (χ2v) is 7.33. The van der Waals surface area contributed by atoms with Crippen LogP contribution in [-0.4, -0.2) is 22.4 Å². The predicted molar refractivity (Wildman–Crippen MR) is 91.1 cm³/mol. The predicted octanol–water partition coefficient (Wildman–Crippen LogP) is 3.29. The molecule has 0 fully saturated rings. The van der Waals surface area contributed by atoms with Gasteiger partial charge in [0.2, 0.25) is 0 Å². The molecule has 5 rings (SSSR count). The Morgan fingerprint density at radius 3 is 2.80 bits per heavy atom. The molecule has 25 heavy (non-hydrogen) atoms. The SMILES string of the molecule is CC1(C)C=Cc2c(ccc3c2OC2c4ccc(O)cc4OCC32O)O1. The van der Waals surface area contributed by atoms with Crippen molar-refractivity contribution in [3.63, 3.8) is 0 Å². The first kappa shape index (κ1) is 14.7. The maximum absolute atomic E-state index is 11.3. The highest BCUT2D eigenvalue weighted by molar-refractivity contribution is 5.71. The molecule has 3 aliphatic heterocycles. The van der Waals surface area contributed by atoms with Crippen LogP contribution in [0.2, 0.25) is 0 Å². The Hall–Kier alpha value is -2.66. The highest BCUT2D eigenvalue weighted by atomic mass is 16.5. The van der Waals surface area contributed by atoms with Gasteiger partial charge in [-0.05, 0) is 50.3 Å². The van der Waals surface area contributed by atoms with E-state index >= 15 is 0 Å². The van der Waals surface area contributed by atoms with Crippen LogP contribution in [-0.2, 0) is 5.60 Å². The molecule has 0 spiro atoms. The quantitative estimate of drug-likeness (QED) is 0.771. The van der Waals surface area contributed by atoms with Crippen molar-refractivity contribution >= 4 is 6.08 Å². The van der Waals surface area contributed by atoms with Gasteiger partial charge in [-0.25, -0.2) is 0 Å². The van der Waals surface area contributed by atoms with Crippen molar-refractivity contribution in [2.24, 2.45) is 0 Å². The van der Waals surface area contributed by atoms with Crippen molar-refractivity contribution in [2.45, 2.75) is 31.2 Å². The molecule has 0 bridgehead atoms. The molecule has 0 aliphatic carbocycles. The fourth-order valence-corrected chi connectivity index (χ4v) is 3.78. The maximum Gasteiger partial charge on any atom is 0.168 e. The van der Waals surface area contributed by atoms with Crippen LogP contribution in [0.1, 0.15) is 36.6 Å². The summed E-state index contributed by atoms with van der Waals surface area (Å²) in [7, 11) is 0. The Morgan fingerprint density at radius 1 is 1.12 bits per heavy atom. The molecule has 2 aromatic rings. The number of phenolic OH excluding ortho intramolecular Hbond substituents is 1. The molecule has 0 aromatic heterocycles. The molecule has 5 nitrogen and oxygen atoms in total. The van der Waals surface area contributed by atoms with E-state index in [2.05, 4.69) is 0 Å². The lowest BCUT2D eigenvalue weighted by Gasteiger charge is -2.34. The van der Waals surface area contributed by atoms with E-state index in [1.165, 1.54) is 0 Å². The Morgan fingerprint density at radius 2 is 1.96 bits per heavy atom. The van der Waals surface area contributed by atoms with Crippen LogP contribution < -0.4 is 14.2 Å². The fourth-order valence-electron chi connectivity index (χ4n) is 3.78. The van der Waals surface area contributed by atoms with Crippen LogP contribution in [0.5, 0.6) is 23.0 Å². The van der Waals surface area contributed by atoms with Crippen LogP contribution in [0, 0.1) is 0 Å². The zero-order valence-electron chi connectivity index (χ0n) is 13.9. The van der Waals surface area contributed by atoms with Gasteiger partial charge >= 0.3 is 0 Å². The van der Waals surface area contributed by atoms with E-state index in [4.69, 9.17) is 14.2 Å². The van der Waals surface area contributed by atoms with E-state index in [1.54, 1.807) is 18.2 Å². The summed E-state index contributed by atoms with van der Waals surface area (Å²) in [6, 6.07) is 8.56. The van der Waals surface area contributed by atoms with Crippen molar-refractivity contribution in [2.75, 3.05) is 6.61 Å². The minimum Gasteiger partial charge on any atom is -0.508 e. The second kappa shape index (κ2) is 4.49. The van der Waals surface area contributed by atoms with Crippen molar-refractivity contribution in [1.82, 2.24) is 0 Å². The molecule has 3 heterocycles. The smallest absolute Gasteiger partial charge is 0.168 e. The number of hydrogen-bond donors (Lipinski definition) is 2. The van der Waals surface area contributed by atoms with Gasteiger partial charge in [0.25, 0.3) is 0 Å². The van der Waals surface area contributed by atoms with E-state index in [-0.39, 0.29) is 18.0 Å². The molecule has 0 amide bonds. The topological polar surface area (TPSA) is 68.2 Å².